The topological polar surface area (TPSA) is 12.4 Å². The standard InChI is InChI=1S/C7H11N/c1-4-5-6-7(2)8-3/h4-6H,3H2,1-2H3. The van der Waals surface area contributed by atoms with Crippen molar-refractivity contribution in [2.45, 2.75) is 13.8 Å². The number of hydrogen-bond acceptors (Lipinski definition) is 1. The molecule has 1 nitrogen and oxygen atoms in total. The predicted octanol–water partition coefficient (Wildman–Crippen LogP) is 2.17. The molecule has 0 atom stereocenters. The second-order valence-electron chi connectivity index (χ2n) is 1.49. The summed E-state index contributed by atoms with van der Waals surface area (Å²) in [5.41, 5.74) is 0.947. The Kier molecular flexibility index (Phi) is 3.85. The van der Waals surface area contributed by atoms with Gasteiger partial charge in [-0.15, -0.1) is 0 Å². The van der Waals surface area contributed by atoms with Gasteiger partial charge >= 0.3 is 0 Å². The van der Waals surface area contributed by atoms with Crippen molar-refractivity contribution in [2.75, 3.05) is 0 Å². The number of allylic oxidation sites excluding steroid dienone is 4. The van der Waals surface area contributed by atoms with Crippen LogP contribution < -0.4 is 0 Å². The van der Waals surface area contributed by atoms with Crippen LogP contribution in [0.4, 0.5) is 0 Å². The van der Waals surface area contributed by atoms with Crippen LogP contribution >= 0.6 is 0 Å². The van der Waals surface area contributed by atoms with E-state index in [-0.39, 0.29) is 0 Å². The average molecular weight is 109 g/mol. The van der Waals surface area contributed by atoms with Gasteiger partial charge in [0, 0.05) is 5.70 Å². The molecule has 0 rings (SSSR count). The Labute approximate surface area is 50.4 Å². The van der Waals surface area contributed by atoms with E-state index in [4.69, 9.17) is 0 Å². The first-order valence-corrected chi connectivity index (χ1v) is 2.57. The van der Waals surface area contributed by atoms with Crippen LogP contribution in [-0.2, 0) is 0 Å². The quantitative estimate of drug-likeness (QED) is 0.380. The van der Waals surface area contributed by atoms with E-state index in [1.54, 1.807) is 0 Å². The van der Waals surface area contributed by atoms with E-state index in [1.807, 2.05) is 32.1 Å². The summed E-state index contributed by atoms with van der Waals surface area (Å²) >= 11 is 0. The summed E-state index contributed by atoms with van der Waals surface area (Å²) < 4.78 is 0. The van der Waals surface area contributed by atoms with E-state index in [1.165, 1.54) is 0 Å². The molecule has 0 N–H and O–H groups in total. The van der Waals surface area contributed by atoms with E-state index >= 15 is 0 Å². The SMILES string of the molecule is C=NC(C)=CC=CC. The van der Waals surface area contributed by atoms with Gasteiger partial charge in [0.15, 0.2) is 0 Å². The van der Waals surface area contributed by atoms with Gasteiger partial charge in [-0.05, 0) is 26.6 Å². The maximum Gasteiger partial charge on any atom is 0.0365 e. The largest absolute Gasteiger partial charge is 0.269 e. The van der Waals surface area contributed by atoms with Crippen LogP contribution in [0.1, 0.15) is 13.8 Å². The van der Waals surface area contributed by atoms with Crippen molar-refractivity contribution >= 4 is 6.72 Å². The predicted molar refractivity (Wildman–Crippen MR) is 38.1 cm³/mol. The van der Waals surface area contributed by atoms with Crippen molar-refractivity contribution in [3.05, 3.63) is 23.9 Å². The van der Waals surface area contributed by atoms with Crippen LogP contribution in [0.25, 0.3) is 0 Å². The van der Waals surface area contributed by atoms with Crippen LogP contribution in [0.15, 0.2) is 28.9 Å². The highest BCUT2D eigenvalue weighted by atomic mass is 14.7. The summed E-state index contributed by atoms with van der Waals surface area (Å²) in [6.45, 7) is 7.24. The third-order valence-corrected chi connectivity index (χ3v) is 0.779. The first-order chi connectivity index (χ1) is 3.81. The summed E-state index contributed by atoms with van der Waals surface area (Å²) in [5, 5.41) is 0. The molecule has 0 aromatic rings. The minimum atomic E-state index is 0.947. The Morgan fingerprint density at radius 3 is 2.62 bits per heavy atom. The maximum absolute atomic E-state index is 3.69. The van der Waals surface area contributed by atoms with Gasteiger partial charge in [-0.25, -0.2) is 0 Å². The van der Waals surface area contributed by atoms with Crippen molar-refractivity contribution in [3.8, 4) is 0 Å². The van der Waals surface area contributed by atoms with E-state index in [0.717, 1.165) is 5.70 Å². The molecule has 0 radical (unpaired) electrons. The molecule has 0 saturated heterocycles. The van der Waals surface area contributed by atoms with Gasteiger partial charge < -0.3 is 0 Å². The Hall–Kier alpha value is -0.850. The van der Waals surface area contributed by atoms with Crippen LogP contribution in [-0.4, -0.2) is 6.72 Å². The molecule has 0 aromatic carbocycles. The molecular weight excluding hydrogens is 98.1 g/mol. The molecule has 0 amide bonds. The first kappa shape index (κ1) is 7.15. The van der Waals surface area contributed by atoms with Crippen LogP contribution in [0.2, 0.25) is 0 Å². The molecule has 0 aliphatic rings. The van der Waals surface area contributed by atoms with E-state index in [9.17, 15) is 0 Å². The van der Waals surface area contributed by atoms with Gasteiger partial charge in [0.1, 0.15) is 0 Å². The smallest absolute Gasteiger partial charge is 0.0365 e. The van der Waals surface area contributed by atoms with E-state index in [0.29, 0.717) is 0 Å². The summed E-state index contributed by atoms with van der Waals surface area (Å²) in [4.78, 5) is 3.69. The summed E-state index contributed by atoms with van der Waals surface area (Å²) in [6.07, 6.45) is 5.80. The zero-order valence-corrected chi connectivity index (χ0v) is 5.39. The molecule has 0 bridgehead atoms. The third-order valence-electron chi connectivity index (χ3n) is 0.779. The van der Waals surface area contributed by atoms with Gasteiger partial charge in [0.2, 0.25) is 0 Å². The molecule has 1 heteroatoms. The van der Waals surface area contributed by atoms with Crippen LogP contribution in [0.3, 0.4) is 0 Å². The molecular formula is C7H11N. The lowest BCUT2D eigenvalue weighted by Crippen LogP contribution is -1.61. The fraction of sp³-hybridized carbons (Fsp3) is 0.286. The number of nitrogens with zero attached hydrogens (tertiary/aromatic N) is 1. The molecule has 0 saturated carbocycles. The molecule has 0 unspecified atom stereocenters. The van der Waals surface area contributed by atoms with E-state index < -0.39 is 0 Å². The normalized spacial score (nSPS) is 12.5. The molecule has 0 heterocycles. The summed E-state index contributed by atoms with van der Waals surface area (Å²) in [6, 6.07) is 0. The zero-order valence-electron chi connectivity index (χ0n) is 5.39. The second-order valence-corrected chi connectivity index (χ2v) is 1.49. The minimum absolute atomic E-state index is 0.947. The average Bonchev–Trinajstić information content (AvgIpc) is 1.83. The lowest BCUT2D eigenvalue weighted by atomic mass is 10.4. The second kappa shape index (κ2) is 4.31. The van der Waals surface area contributed by atoms with Crippen molar-refractivity contribution in [3.63, 3.8) is 0 Å². The van der Waals surface area contributed by atoms with Gasteiger partial charge in [-0.1, -0.05) is 12.2 Å². The van der Waals surface area contributed by atoms with Gasteiger partial charge in [0.05, 0.1) is 0 Å². The highest BCUT2D eigenvalue weighted by Crippen LogP contribution is 1.90. The van der Waals surface area contributed by atoms with Crippen LogP contribution in [0.5, 0.6) is 0 Å². The van der Waals surface area contributed by atoms with Gasteiger partial charge in [-0.3, -0.25) is 4.99 Å². The molecule has 0 aliphatic carbocycles. The Morgan fingerprint density at radius 1 is 1.62 bits per heavy atom. The highest BCUT2D eigenvalue weighted by Gasteiger charge is 1.71. The molecule has 0 spiro atoms. The fourth-order valence-corrected chi connectivity index (χ4v) is 0.288. The third kappa shape index (κ3) is 3.34. The maximum atomic E-state index is 3.69. The van der Waals surface area contributed by atoms with Crippen molar-refractivity contribution in [1.82, 2.24) is 0 Å². The molecule has 0 fully saturated rings. The Morgan fingerprint density at radius 2 is 2.25 bits per heavy atom. The van der Waals surface area contributed by atoms with Crippen LogP contribution in [0, 0.1) is 0 Å². The molecule has 0 aromatic heterocycles. The van der Waals surface area contributed by atoms with Gasteiger partial charge in [0.25, 0.3) is 0 Å². The summed E-state index contributed by atoms with van der Waals surface area (Å²) in [5.74, 6) is 0. The summed E-state index contributed by atoms with van der Waals surface area (Å²) in [7, 11) is 0. The van der Waals surface area contributed by atoms with E-state index in [2.05, 4.69) is 11.7 Å². The highest BCUT2D eigenvalue weighted by molar-refractivity contribution is 5.29. The Balaban J connectivity index is 3.74. The molecule has 8 heavy (non-hydrogen) atoms. The minimum Gasteiger partial charge on any atom is -0.269 e. The van der Waals surface area contributed by atoms with Gasteiger partial charge in [-0.2, -0.15) is 0 Å². The Bertz CT molecular complexity index is 120. The monoisotopic (exact) mass is 109 g/mol. The van der Waals surface area contributed by atoms with Crippen molar-refractivity contribution in [2.24, 2.45) is 4.99 Å². The molecule has 0 aliphatic heterocycles. The first-order valence-electron chi connectivity index (χ1n) is 2.57. The lowest BCUT2D eigenvalue weighted by Gasteiger charge is -1.81. The number of hydrogen-bond donors (Lipinski definition) is 0. The zero-order chi connectivity index (χ0) is 6.41. The van der Waals surface area contributed by atoms with Crippen molar-refractivity contribution in [1.29, 1.82) is 0 Å². The number of aliphatic imine (C=N–C) groups is 1. The van der Waals surface area contributed by atoms with Crippen molar-refractivity contribution < 1.29 is 0 Å². The molecule has 44 valence electrons. The fourth-order valence-electron chi connectivity index (χ4n) is 0.288. The lowest BCUT2D eigenvalue weighted by molar-refractivity contribution is 1.33. The number of rotatable bonds is 2.